The van der Waals surface area contributed by atoms with Crippen molar-refractivity contribution in [2.45, 2.75) is 13.5 Å². The Bertz CT molecular complexity index is 520. The number of rotatable bonds is 4. The van der Waals surface area contributed by atoms with E-state index in [-0.39, 0.29) is 24.2 Å². The molecule has 1 aromatic carbocycles. The SMILES string of the molecule is CC(CN)C(=O)N(C)Cc1cc2ccccc2o1.Cl. The highest BCUT2D eigenvalue weighted by Crippen LogP contribution is 2.20. The van der Waals surface area contributed by atoms with Crippen LogP contribution in [0.3, 0.4) is 0 Å². The van der Waals surface area contributed by atoms with Crippen LogP contribution in [0.4, 0.5) is 0 Å². The number of carbonyl (C=O) groups is 1. The Balaban J connectivity index is 0.00000180. The highest BCUT2D eigenvalue weighted by molar-refractivity contribution is 5.85. The van der Waals surface area contributed by atoms with Gasteiger partial charge in [0.15, 0.2) is 0 Å². The van der Waals surface area contributed by atoms with Gasteiger partial charge < -0.3 is 15.1 Å². The number of hydrogen-bond donors (Lipinski definition) is 1. The third-order valence-corrected chi connectivity index (χ3v) is 3.02. The van der Waals surface area contributed by atoms with Gasteiger partial charge in [-0.05, 0) is 12.1 Å². The highest BCUT2D eigenvalue weighted by atomic mass is 35.5. The topological polar surface area (TPSA) is 59.5 Å². The molecule has 0 aliphatic carbocycles. The average molecular weight is 283 g/mol. The van der Waals surface area contributed by atoms with E-state index in [0.717, 1.165) is 16.7 Å². The fourth-order valence-electron chi connectivity index (χ4n) is 1.90. The van der Waals surface area contributed by atoms with Crippen LogP contribution >= 0.6 is 12.4 Å². The summed E-state index contributed by atoms with van der Waals surface area (Å²) in [5, 5.41) is 1.06. The van der Waals surface area contributed by atoms with Crippen LogP contribution in [0.2, 0.25) is 0 Å². The van der Waals surface area contributed by atoms with Gasteiger partial charge in [0.05, 0.1) is 6.54 Å². The third-order valence-electron chi connectivity index (χ3n) is 3.02. The molecule has 1 amide bonds. The summed E-state index contributed by atoms with van der Waals surface area (Å²) in [4.78, 5) is 13.5. The molecule has 1 unspecified atom stereocenters. The number of para-hydroxylation sites is 1. The van der Waals surface area contributed by atoms with E-state index in [1.807, 2.05) is 37.3 Å². The Hall–Kier alpha value is -1.52. The van der Waals surface area contributed by atoms with Crippen LogP contribution in [0.5, 0.6) is 0 Å². The number of fused-ring (bicyclic) bond motifs is 1. The lowest BCUT2D eigenvalue weighted by molar-refractivity contribution is -0.134. The molecule has 2 aromatic rings. The van der Waals surface area contributed by atoms with Crippen molar-refractivity contribution < 1.29 is 9.21 Å². The van der Waals surface area contributed by atoms with Crippen LogP contribution in [0.1, 0.15) is 12.7 Å². The van der Waals surface area contributed by atoms with E-state index in [1.165, 1.54) is 0 Å². The summed E-state index contributed by atoms with van der Waals surface area (Å²) >= 11 is 0. The van der Waals surface area contributed by atoms with Crippen LogP contribution in [-0.2, 0) is 11.3 Å². The lowest BCUT2D eigenvalue weighted by atomic mass is 10.1. The number of benzene rings is 1. The fourth-order valence-corrected chi connectivity index (χ4v) is 1.90. The van der Waals surface area contributed by atoms with Gasteiger partial charge in [0.1, 0.15) is 11.3 Å². The molecule has 4 nitrogen and oxygen atoms in total. The first-order valence-corrected chi connectivity index (χ1v) is 6.04. The third kappa shape index (κ3) is 3.49. The van der Waals surface area contributed by atoms with Crippen LogP contribution in [0.15, 0.2) is 34.7 Å². The number of nitrogens with two attached hydrogens (primary N) is 1. The molecule has 2 N–H and O–H groups in total. The van der Waals surface area contributed by atoms with Gasteiger partial charge in [-0.15, -0.1) is 12.4 Å². The van der Waals surface area contributed by atoms with Gasteiger partial charge in [-0.3, -0.25) is 4.79 Å². The number of hydrogen-bond acceptors (Lipinski definition) is 3. The van der Waals surface area contributed by atoms with Crippen molar-refractivity contribution in [2.24, 2.45) is 11.7 Å². The highest BCUT2D eigenvalue weighted by Gasteiger charge is 2.17. The molecule has 19 heavy (non-hydrogen) atoms. The molecule has 0 bridgehead atoms. The quantitative estimate of drug-likeness (QED) is 0.937. The van der Waals surface area contributed by atoms with E-state index >= 15 is 0 Å². The average Bonchev–Trinajstić information content (AvgIpc) is 2.78. The second-order valence-electron chi connectivity index (χ2n) is 4.58. The largest absolute Gasteiger partial charge is 0.459 e. The summed E-state index contributed by atoms with van der Waals surface area (Å²) in [6.45, 7) is 2.67. The van der Waals surface area contributed by atoms with Gasteiger partial charge in [0.25, 0.3) is 0 Å². The van der Waals surface area contributed by atoms with Crippen LogP contribution < -0.4 is 5.73 Å². The van der Waals surface area contributed by atoms with E-state index in [9.17, 15) is 4.79 Å². The summed E-state index contributed by atoms with van der Waals surface area (Å²) < 4.78 is 5.68. The predicted molar refractivity (Wildman–Crippen MR) is 78.2 cm³/mol. The molecule has 5 heteroatoms. The zero-order valence-corrected chi connectivity index (χ0v) is 11.9. The first kappa shape index (κ1) is 15.5. The molecule has 1 heterocycles. The zero-order chi connectivity index (χ0) is 13.1. The fraction of sp³-hybridized carbons (Fsp3) is 0.357. The minimum absolute atomic E-state index is 0. The van der Waals surface area contributed by atoms with E-state index in [0.29, 0.717) is 13.1 Å². The van der Waals surface area contributed by atoms with Crippen molar-refractivity contribution in [1.29, 1.82) is 0 Å². The minimum atomic E-state index is -0.153. The summed E-state index contributed by atoms with van der Waals surface area (Å²) in [6.07, 6.45) is 0. The first-order valence-electron chi connectivity index (χ1n) is 6.04. The van der Waals surface area contributed by atoms with Gasteiger partial charge in [-0.2, -0.15) is 0 Å². The molecule has 0 spiro atoms. The minimum Gasteiger partial charge on any atom is -0.459 e. The molecular weight excluding hydrogens is 264 g/mol. The molecular formula is C14H19ClN2O2. The lowest BCUT2D eigenvalue weighted by Gasteiger charge is -2.19. The second-order valence-corrected chi connectivity index (χ2v) is 4.58. The number of nitrogens with zero attached hydrogens (tertiary/aromatic N) is 1. The van der Waals surface area contributed by atoms with Crippen LogP contribution in [-0.4, -0.2) is 24.4 Å². The summed E-state index contributed by atoms with van der Waals surface area (Å²) in [7, 11) is 1.77. The maximum Gasteiger partial charge on any atom is 0.226 e. The van der Waals surface area contributed by atoms with Gasteiger partial charge in [0.2, 0.25) is 5.91 Å². The van der Waals surface area contributed by atoms with Gasteiger partial charge in [0, 0.05) is 24.9 Å². The van der Waals surface area contributed by atoms with E-state index < -0.39 is 0 Å². The Morgan fingerprint density at radius 1 is 1.42 bits per heavy atom. The van der Waals surface area contributed by atoms with Crippen molar-refractivity contribution >= 4 is 29.3 Å². The molecule has 0 saturated heterocycles. The molecule has 1 atom stereocenters. The summed E-state index contributed by atoms with van der Waals surface area (Å²) in [5.41, 5.74) is 6.34. The molecule has 0 fully saturated rings. The Kier molecular flexibility index (Phi) is 5.39. The second kappa shape index (κ2) is 6.59. The molecule has 0 saturated carbocycles. The van der Waals surface area contributed by atoms with Crippen LogP contribution in [0.25, 0.3) is 11.0 Å². The van der Waals surface area contributed by atoms with E-state index in [1.54, 1.807) is 11.9 Å². The van der Waals surface area contributed by atoms with Crippen molar-refractivity contribution in [3.8, 4) is 0 Å². The molecule has 0 radical (unpaired) electrons. The van der Waals surface area contributed by atoms with E-state index in [2.05, 4.69) is 0 Å². The first-order chi connectivity index (χ1) is 8.61. The molecule has 0 aliphatic rings. The van der Waals surface area contributed by atoms with E-state index in [4.69, 9.17) is 10.2 Å². The zero-order valence-electron chi connectivity index (χ0n) is 11.1. The molecule has 1 aromatic heterocycles. The van der Waals surface area contributed by atoms with Crippen molar-refractivity contribution in [3.63, 3.8) is 0 Å². The number of carbonyl (C=O) groups excluding carboxylic acids is 1. The smallest absolute Gasteiger partial charge is 0.226 e. The van der Waals surface area contributed by atoms with Crippen molar-refractivity contribution in [3.05, 3.63) is 36.1 Å². The normalized spacial score (nSPS) is 11.9. The lowest BCUT2D eigenvalue weighted by Crippen LogP contribution is -2.34. The summed E-state index contributed by atoms with van der Waals surface area (Å²) in [5.74, 6) is 0.675. The Labute approximate surface area is 119 Å². The van der Waals surface area contributed by atoms with Crippen molar-refractivity contribution in [2.75, 3.05) is 13.6 Å². The maximum atomic E-state index is 11.9. The van der Waals surface area contributed by atoms with Gasteiger partial charge >= 0.3 is 0 Å². The van der Waals surface area contributed by atoms with Crippen molar-refractivity contribution in [1.82, 2.24) is 4.90 Å². The summed E-state index contributed by atoms with van der Waals surface area (Å²) in [6, 6.07) is 9.77. The number of amides is 1. The number of halogens is 1. The molecule has 2 rings (SSSR count). The predicted octanol–water partition coefficient (Wildman–Crippen LogP) is 2.41. The molecule has 0 aliphatic heterocycles. The monoisotopic (exact) mass is 282 g/mol. The van der Waals surface area contributed by atoms with Gasteiger partial charge in [-0.25, -0.2) is 0 Å². The van der Waals surface area contributed by atoms with Crippen LogP contribution in [0, 0.1) is 5.92 Å². The standard InChI is InChI=1S/C14H18N2O2.ClH/c1-10(8-15)14(17)16(2)9-12-7-11-5-3-4-6-13(11)18-12;/h3-7,10H,8-9,15H2,1-2H3;1H. The molecule has 104 valence electrons. The Morgan fingerprint density at radius 3 is 2.74 bits per heavy atom. The Morgan fingerprint density at radius 2 is 2.11 bits per heavy atom. The maximum absolute atomic E-state index is 11.9. The number of furan rings is 1. The van der Waals surface area contributed by atoms with Gasteiger partial charge in [-0.1, -0.05) is 25.1 Å².